The predicted molar refractivity (Wildman–Crippen MR) is 48.5 cm³/mol. The van der Waals surface area contributed by atoms with Crippen LogP contribution in [0.25, 0.3) is 5.57 Å². The van der Waals surface area contributed by atoms with Crippen molar-refractivity contribution in [2.24, 2.45) is 7.05 Å². The Morgan fingerprint density at radius 2 is 2.00 bits per heavy atom. The molecule has 70 valence electrons. The number of hydrogen-bond acceptors (Lipinski definition) is 1. The maximum absolute atomic E-state index is 3.29. The topological polar surface area (TPSA) is 15.9 Å². The Morgan fingerprint density at radius 3 is 2.54 bits per heavy atom. The summed E-state index contributed by atoms with van der Waals surface area (Å²) in [6, 6.07) is 4.30. The van der Waals surface area contributed by atoms with Gasteiger partial charge in [0.05, 0.1) is 0 Å². The van der Waals surface area contributed by atoms with Gasteiger partial charge < -0.3 is 29.3 Å². The summed E-state index contributed by atoms with van der Waals surface area (Å²) in [5.41, 5.74) is 2.74. The highest BCUT2D eigenvalue weighted by atomic mass is 127. The van der Waals surface area contributed by atoms with Crippen LogP contribution in [0.2, 0.25) is 0 Å². The summed E-state index contributed by atoms with van der Waals surface area (Å²) < 4.78 is 2.05. The maximum Gasteiger partial charge on any atom is 0.169 e. The summed E-state index contributed by atoms with van der Waals surface area (Å²) in [6.45, 7) is 2.02. The molecule has 1 aromatic rings. The van der Waals surface area contributed by atoms with Crippen LogP contribution in [0.15, 0.2) is 30.6 Å². The Morgan fingerprint density at radius 1 is 1.31 bits per heavy atom. The lowest BCUT2D eigenvalue weighted by atomic mass is 10.1. The highest BCUT2D eigenvalue weighted by Gasteiger charge is 2.06. The second-order valence-corrected chi connectivity index (χ2v) is 3.11. The molecule has 1 aromatic heterocycles. The fraction of sp³-hybridized carbons (Fsp3) is 0.300. The number of halogens is 1. The van der Waals surface area contributed by atoms with Crippen molar-refractivity contribution >= 4 is 5.57 Å². The molecule has 1 aliphatic rings. The molecule has 0 spiro atoms. The molecule has 1 aliphatic heterocycles. The lowest BCUT2D eigenvalue weighted by Crippen LogP contribution is -3.00. The highest BCUT2D eigenvalue weighted by molar-refractivity contribution is 5.68. The second kappa shape index (κ2) is 4.72. The number of aryl methyl sites for hydroxylation is 1. The lowest BCUT2D eigenvalue weighted by Gasteiger charge is -1.98. The van der Waals surface area contributed by atoms with Crippen LogP contribution in [-0.2, 0) is 7.05 Å². The molecule has 2 heterocycles. The van der Waals surface area contributed by atoms with Crippen LogP contribution in [0, 0.1) is 0 Å². The van der Waals surface area contributed by atoms with Crippen molar-refractivity contribution in [3.8, 4) is 0 Å². The van der Waals surface area contributed by atoms with E-state index in [4.69, 9.17) is 0 Å². The molecule has 2 nitrogen and oxygen atoms in total. The Kier molecular flexibility index (Phi) is 3.87. The van der Waals surface area contributed by atoms with Crippen LogP contribution in [0.5, 0.6) is 0 Å². The van der Waals surface area contributed by atoms with Crippen LogP contribution in [0.4, 0.5) is 0 Å². The predicted octanol–water partition coefficient (Wildman–Crippen LogP) is -2.50. The summed E-state index contributed by atoms with van der Waals surface area (Å²) >= 11 is 0. The minimum atomic E-state index is 0. The Balaban J connectivity index is 0.000000845. The third-order valence-corrected chi connectivity index (χ3v) is 2.16. The van der Waals surface area contributed by atoms with Crippen molar-refractivity contribution in [3.63, 3.8) is 0 Å². The van der Waals surface area contributed by atoms with Crippen LogP contribution in [-0.4, -0.2) is 13.1 Å². The fourth-order valence-corrected chi connectivity index (χ4v) is 1.41. The van der Waals surface area contributed by atoms with Gasteiger partial charge in [-0.1, -0.05) is 6.08 Å². The molecule has 2 rings (SSSR count). The number of aromatic nitrogens is 1. The van der Waals surface area contributed by atoms with Gasteiger partial charge in [-0.05, 0) is 11.1 Å². The molecular weight excluding hydrogens is 275 g/mol. The minimum Gasteiger partial charge on any atom is -1.00 e. The van der Waals surface area contributed by atoms with E-state index in [-0.39, 0.29) is 24.0 Å². The Hall–Kier alpha value is -0.420. The Labute approximate surface area is 95.7 Å². The van der Waals surface area contributed by atoms with Crippen molar-refractivity contribution in [1.82, 2.24) is 5.32 Å². The van der Waals surface area contributed by atoms with Gasteiger partial charge >= 0.3 is 0 Å². The van der Waals surface area contributed by atoms with Gasteiger partial charge in [0.25, 0.3) is 0 Å². The molecule has 0 unspecified atom stereocenters. The van der Waals surface area contributed by atoms with Gasteiger partial charge in [0, 0.05) is 25.2 Å². The van der Waals surface area contributed by atoms with Crippen LogP contribution < -0.4 is 33.9 Å². The van der Waals surface area contributed by atoms with Gasteiger partial charge in [0.15, 0.2) is 12.4 Å². The van der Waals surface area contributed by atoms with Crippen molar-refractivity contribution in [1.29, 1.82) is 0 Å². The van der Waals surface area contributed by atoms with Gasteiger partial charge in [0.1, 0.15) is 7.05 Å². The average Bonchev–Trinajstić information content (AvgIpc) is 2.58. The van der Waals surface area contributed by atoms with E-state index in [1.54, 1.807) is 0 Å². The second-order valence-electron chi connectivity index (χ2n) is 3.11. The summed E-state index contributed by atoms with van der Waals surface area (Å²) in [5, 5.41) is 3.29. The van der Waals surface area contributed by atoms with Crippen LogP contribution in [0.3, 0.4) is 0 Å². The molecule has 0 aliphatic carbocycles. The van der Waals surface area contributed by atoms with Crippen molar-refractivity contribution < 1.29 is 28.5 Å². The molecule has 0 saturated heterocycles. The number of nitrogens with one attached hydrogen (secondary N) is 1. The van der Waals surface area contributed by atoms with Crippen LogP contribution in [0.1, 0.15) is 5.56 Å². The van der Waals surface area contributed by atoms with Crippen LogP contribution >= 0.6 is 0 Å². The van der Waals surface area contributed by atoms with E-state index in [1.165, 1.54) is 11.1 Å². The molecule has 0 aromatic carbocycles. The molecule has 0 amide bonds. The zero-order chi connectivity index (χ0) is 8.39. The summed E-state index contributed by atoms with van der Waals surface area (Å²) in [7, 11) is 2.03. The first kappa shape index (κ1) is 10.7. The van der Waals surface area contributed by atoms with E-state index in [0.29, 0.717) is 0 Å². The zero-order valence-electron chi connectivity index (χ0n) is 7.63. The number of rotatable bonds is 1. The average molecular weight is 288 g/mol. The molecule has 0 radical (unpaired) electrons. The van der Waals surface area contributed by atoms with Gasteiger partial charge in [-0.15, -0.1) is 0 Å². The van der Waals surface area contributed by atoms with Gasteiger partial charge in [0.2, 0.25) is 0 Å². The van der Waals surface area contributed by atoms with Gasteiger partial charge in [-0.25, -0.2) is 4.57 Å². The largest absolute Gasteiger partial charge is 1.00 e. The smallest absolute Gasteiger partial charge is 0.169 e. The monoisotopic (exact) mass is 288 g/mol. The van der Waals surface area contributed by atoms with Crippen molar-refractivity contribution in [2.75, 3.05) is 13.1 Å². The minimum absolute atomic E-state index is 0. The molecule has 1 N–H and O–H groups in total. The summed E-state index contributed by atoms with van der Waals surface area (Å²) in [6.07, 6.45) is 6.40. The van der Waals surface area contributed by atoms with E-state index < -0.39 is 0 Å². The normalized spacial score (nSPS) is 15.0. The molecule has 0 saturated carbocycles. The molecule has 0 atom stereocenters. The number of hydrogen-bond donors (Lipinski definition) is 1. The first-order chi connectivity index (χ1) is 5.86. The standard InChI is InChI=1S/C10H13N2.HI/c1-12-6-3-9(4-7-12)10-2-5-11-8-10;/h2-4,6-7,11H,5,8H2,1H3;1H/q+1;/p-1. The fourth-order valence-electron chi connectivity index (χ4n) is 1.41. The first-order valence-corrected chi connectivity index (χ1v) is 4.22. The molecule has 0 bridgehead atoms. The third kappa shape index (κ3) is 2.51. The van der Waals surface area contributed by atoms with E-state index in [2.05, 4.69) is 35.9 Å². The van der Waals surface area contributed by atoms with Gasteiger partial charge in [-0.3, -0.25) is 0 Å². The van der Waals surface area contributed by atoms with Crippen molar-refractivity contribution in [2.45, 2.75) is 0 Å². The number of nitrogens with zero attached hydrogens (tertiary/aromatic N) is 1. The number of pyridine rings is 1. The zero-order valence-corrected chi connectivity index (χ0v) is 9.78. The summed E-state index contributed by atoms with van der Waals surface area (Å²) in [5.74, 6) is 0. The third-order valence-electron chi connectivity index (χ3n) is 2.16. The molecule has 3 heteroatoms. The quantitative estimate of drug-likeness (QED) is 0.446. The first-order valence-electron chi connectivity index (χ1n) is 4.22. The molecule has 13 heavy (non-hydrogen) atoms. The Bertz CT molecular complexity index is 303. The summed E-state index contributed by atoms with van der Waals surface area (Å²) in [4.78, 5) is 0. The van der Waals surface area contributed by atoms with Gasteiger partial charge in [-0.2, -0.15) is 0 Å². The SMILES string of the molecule is C[n+]1ccc(C2=CCNC2)cc1.[I-]. The van der Waals surface area contributed by atoms with Crippen molar-refractivity contribution in [3.05, 3.63) is 36.2 Å². The van der Waals surface area contributed by atoms with E-state index in [0.717, 1.165) is 13.1 Å². The van der Waals surface area contributed by atoms with E-state index in [1.807, 2.05) is 11.6 Å². The highest BCUT2D eigenvalue weighted by Crippen LogP contribution is 2.13. The molecule has 0 fully saturated rings. The maximum atomic E-state index is 3.29. The lowest BCUT2D eigenvalue weighted by molar-refractivity contribution is -0.671. The van der Waals surface area contributed by atoms with E-state index in [9.17, 15) is 0 Å². The molecular formula is C10H13IN2. The van der Waals surface area contributed by atoms with E-state index >= 15 is 0 Å².